The van der Waals surface area contributed by atoms with Gasteiger partial charge >= 0.3 is 0 Å². The second kappa shape index (κ2) is 6.28. The smallest absolute Gasteiger partial charge is 0.274 e. The maximum Gasteiger partial charge on any atom is 0.274 e. The second-order valence-electron chi connectivity index (χ2n) is 6.24. The van der Waals surface area contributed by atoms with E-state index in [1.807, 2.05) is 13.8 Å². The first kappa shape index (κ1) is 16.5. The second-order valence-corrected chi connectivity index (χ2v) is 6.24. The zero-order chi connectivity index (χ0) is 17.4. The summed E-state index contributed by atoms with van der Waals surface area (Å²) < 4.78 is 13.2. The number of amides is 1. The van der Waals surface area contributed by atoms with E-state index in [1.54, 1.807) is 24.0 Å². The molecule has 6 heteroatoms. The molecule has 1 amide bonds. The first-order valence-electron chi connectivity index (χ1n) is 7.93. The molecular weight excluding hydrogens is 309 g/mol. The summed E-state index contributed by atoms with van der Waals surface area (Å²) in [5.41, 5.74) is 3.18. The monoisotopic (exact) mass is 329 g/mol. The summed E-state index contributed by atoms with van der Waals surface area (Å²) in [6.07, 6.45) is -0.182. The largest absolute Gasteiger partial charge is 0.391 e. The van der Waals surface area contributed by atoms with Crippen LogP contribution in [0, 0.1) is 26.6 Å². The Bertz CT molecular complexity index is 777. The minimum atomic E-state index is -0.608. The maximum absolute atomic E-state index is 13.2. The Hall–Kier alpha value is -2.34. The Morgan fingerprint density at radius 1 is 1.12 bits per heavy atom. The summed E-state index contributed by atoms with van der Waals surface area (Å²) in [7, 11) is 0. The lowest BCUT2D eigenvalue weighted by Crippen LogP contribution is -2.33. The summed E-state index contributed by atoms with van der Waals surface area (Å²) in [5, 5.41) is 10.0. The van der Waals surface area contributed by atoms with Crippen molar-refractivity contribution in [1.29, 1.82) is 0 Å². The van der Waals surface area contributed by atoms with Gasteiger partial charge in [-0.25, -0.2) is 9.37 Å². The van der Waals surface area contributed by atoms with Gasteiger partial charge in [0.2, 0.25) is 0 Å². The molecule has 1 aromatic heterocycles. The molecule has 0 spiro atoms. The molecule has 126 valence electrons. The van der Waals surface area contributed by atoms with Crippen molar-refractivity contribution in [3.63, 3.8) is 0 Å². The highest BCUT2D eigenvalue weighted by Gasteiger charge is 2.37. The number of carbonyl (C=O) groups is 1. The Morgan fingerprint density at radius 3 is 2.42 bits per heavy atom. The van der Waals surface area contributed by atoms with E-state index in [2.05, 4.69) is 9.97 Å². The topological polar surface area (TPSA) is 66.3 Å². The van der Waals surface area contributed by atoms with Gasteiger partial charge in [-0.3, -0.25) is 9.78 Å². The highest BCUT2D eigenvalue weighted by molar-refractivity contribution is 5.94. The van der Waals surface area contributed by atoms with E-state index in [9.17, 15) is 14.3 Å². The lowest BCUT2D eigenvalue weighted by Gasteiger charge is -2.25. The van der Waals surface area contributed by atoms with E-state index in [-0.39, 0.29) is 24.3 Å². The molecule has 0 bridgehead atoms. The summed E-state index contributed by atoms with van der Waals surface area (Å²) in [4.78, 5) is 23.3. The van der Waals surface area contributed by atoms with Crippen molar-refractivity contribution in [3.8, 4) is 0 Å². The van der Waals surface area contributed by atoms with E-state index in [0.29, 0.717) is 23.5 Å². The predicted molar refractivity (Wildman–Crippen MR) is 87.0 cm³/mol. The quantitative estimate of drug-likeness (QED) is 0.919. The third-order valence-electron chi connectivity index (χ3n) is 4.48. The number of aromatic nitrogens is 2. The van der Waals surface area contributed by atoms with Crippen molar-refractivity contribution >= 4 is 5.91 Å². The standard InChI is InChI=1S/C18H20FN3O2/c1-10-11(2)21-17(12(3)20-10)18(24)22-9-15(23)8-16(22)13-4-6-14(19)7-5-13/h4-7,15-16,23H,8-9H2,1-3H3/t15-,16+/m1/s1. The van der Waals surface area contributed by atoms with Crippen LogP contribution in [0.5, 0.6) is 0 Å². The first-order valence-corrected chi connectivity index (χ1v) is 7.93. The fourth-order valence-electron chi connectivity index (χ4n) is 3.09. The highest BCUT2D eigenvalue weighted by Crippen LogP contribution is 2.33. The number of hydrogen-bond donors (Lipinski definition) is 1. The molecule has 5 nitrogen and oxygen atoms in total. The van der Waals surface area contributed by atoms with Gasteiger partial charge in [-0.1, -0.05) is 12.1 Å². The number of carbonyl (C=O) groups excluding carboxylic acids is 1. The molecule has 2 aromatic rings. The number of likely N-dealkylation sites (tertiary alicyclic amines) is 1. The first-order chi connectivity index (χ1) is 11.4. The van der Waals surface area contributed by atoms with Crippen LogP contribution < -0.4 is 0 Å². The lowest BCUT2D eigenvalue weighted by molar-refractivity contribution is 0.0708. The maximum atomic E-state index is 13.2. The third kappa shape index (κ3) is 3.01. The number of halogens is 1. The molecule has 3 rings (SSSR count). The zero-order valence-electron chi connectivity index (χ0n) is 14.0. The molecule has 0 aliphatic carbocycles. The molecule has 0 saturated carbocycles. The summed E-state index contributed by atoms with van der Waals surface area (Å²) in [6.45, 7) is 5.65. The van der Waals surface area contributed by atoms with Gasteiger partial charge in [0.05, 0.1) is 29.2 Å². The minimum Gasteiger partial charge on any atom is -0.391 e. The van der Waals surface area contributed by atoms with Crippen molar-refractivity contribution in [2.75, 3.05) is 6.54 Å². The van der Waals surface area contributed by atoms with E-state index in [0.717, 1.165) is 11.3 Å². The average molecular weight is 329 g/mol. The van der Waals surface area contributed by atoms with Crippen molar-refractivity contribution in [2.24, 2.45) is 0 Å². The molecule has 2 atom stereocenters. The number of β-amino-alcohol motifs (C(OH)–C–C–N with tert-alkyl or cyclic N) is 1. The number of aryl methyl sites for hydroxylation is 3. The molecule has 24 heavy (non-hydrogen) atoms. The fraction of sp³-hybridized carbons (Fsp3) is 0.389. The Kier molecular flexibility index (Phi) is 4.32. The fourth-order valence-corrected chi connectivity index (χ4v) is 3.09. The van der Waals surface area contributed by atoms with Gasteiger partial charge in [-0.2, -0.15) is 0 Å². The van der Waals surface area contributed by atoms with Gasteiger partial charge in [0.15, 0.2) is 0 Å². The molecule has 1 saturated heterocycles. The van der Waals surface area contributed by atoms with Gasteiger partial charge in [-0.05, 0) is 44.9 Å². The van der Waals surface area contributed by atoms with E-state index in [4.69, 9.17) is 0 Å². The normalized spacial score (nSPS) is 20.5. The van der Waals surface area contributed by atoms with Crippen LogP contribution in [0.4, 0.5) is 4.39 Å². The number of aliphatic hydroxyl groups is 1. The van der Waals surface area contributed by atoms with Crippen LogP contribution in [0.15, 0.2) is 24.3 Å². The molecule has 1 aliphatic rings. The van der Waals surface area contributed by atoms with Crippen LogP contribution >= 0.6 is 0 Å². The van der Waals surface area contributed by atoms with E-state index in [1.165, 1.54) is 12.1 Å². The Morgan fingerprint density at radius 2 is 1.75 bits per heavy atom. The number of rotatable bonds is 2. The van der Waals surface area contributed by atoms with Crippen molar-refractivity contribution in [3.05, 3.63) is 58.4 Å². The number of benzene rings is 1. The predicted octanol–water partition coefficient (Wildman–Crippen LogP) is 2.49. The van der Waals surface area contributed by atoms with Gasteiger partial charge in [0.1, 0.15) is 11.5 Å². The van der Waals surface area contributed by atoms with Gasteiger partial charge < -0.3 is 10.0 Å². The van der Waals surface area contributed by atoms with Crippen LogP contribution in [0.3, 0.4) is 0 Å². The van der Waals surface area contributed by atoms with E-state index >= 15 is 0 Å². The zero-order valence-corrected chi connectivity index (χ0v) is 14.0. The van der Waals surface area contributed by atoms with Gasteiger partial charge in [-0.15, -0.1) is 0 Å². The van der Waals surface area contributed by atoms with Crippen molar-refractivity contribution < 1.29 is 14.3 Å². The van der Waals surface area contributed by atoms with Crippen LogP contribution in [0.25, 0.3) is 0 Å². The molecule has 2 heterocycles. The van der Waals surface area contributed by atoms with Crippen LogP contribution in [0.1, 0.15) is 45.6 Å². The van der Waals surface area contributed by atoms with Gasteiger partial charge in [0, 0.05) is 6.54 Å². The molecular formula is C18H20FN3O2. The summed E-state index contributed by atoms with van der Waals surface area (Å²) in [5.74, 6) is -0.583. The molecule has 1 fully saturated rings. The van der Waals surface area contributed by atoms with Gasteiger partial charge in [0.25, 0.3) is 5.91 Å². The molecule has 1 aromatic carbocycles. The number of nitrogens with zero attached hydrogens (tertiary/aromatic N) is 3. The van der Waals surface area contributed by atoms with Crippen LogP contribution in [-0.2, 0) is 0 Å². The molecule has 0 radical (unpaired) electrons. The lowest BCUT2D eigenvalue weighted by atomic mass is 10.0. The summed E-state index contributed by atoms with van der Waals surface area (Å²) in [6, 6.07) is 5.73. The van der Waals surface area contributed by atoms with Crippen molar-refractivity contribution in [2.45, 2.75) is 39.3 Å². The minimum absolute atomic E-state index is 0.231. The molecule has 1 aliphatic heterocycles. The van der Waals surface area contributed by atoms with Crippen LogP contribution in [-0.4, -0.2) is 38.5 Å². The Balaban J connectivity index is 1.95. The molecule has 0 unspecified atom stereocenters. The summed E-state index contributed by atoms with van der Waals surface area (Å²) >= 11 is 0. The van der Waals surface area contributed by atoms with Crippen molar-refractivity contribution in [1.82, 2.24) is 14.9 Å². The number of aliphatic hydroxyl groups excluding tert-OH is 1. The third-order valence-corrected chi connectivity index (χ3v) is 4.48. The average Bonchev–Trinajstić information content (AvgIpc) is 2.93. The SMILES string of the molecule is Cc1nc(C)c(C(=O)N2C[C@H](O)C[C@H]2c2ccc(F)cc2)nc1C. The number of hydrogen-bond acceptors (Lipinski definition) is 4. The van der Waals surface area contributed by atoms with Crippen LogP contribution in [0.2, 0.25) is 0 Å². The highest BCUT2D eigenvalue weighted by atomic mass is 19.1. The molecule has 1 N–H and O–H groups in total. The Labute approximate surface area is 140 Å². The van der Waals surface area contributed by atoms with E-state index < -0.39 is 6.10 Å².